The van der Waals surface area contributed by atoms with Gasteiger partial charge >= 0.3 is 0 Å². The number of benzene rings is 1. The Hall–Kier alpha value is -1.69. The summed E-state index contributed by atoms with van der Waals surface area (Å²) < 4.78 is 27.3. The number of hydrogen-bond acceptors (Lipinski definition) is 3. The second kappa shape index (κ2) is 6.30. The van der Waals surface area contributed by atoms with Gasteiger partial charge in [0.05, 0.1) is 6.54 Å². The minimum Gasteiger partial charge on any atom is -0.388 e. The van der Waals surface area contributed by atoms with E-state index in [1.165, 1.54) is 12.1 Å². The van der Waals surface area contributed by atoms with E-state index in [1.807, 2.05) is 0 Å². The maximum Gasteiger partial charge on any atom is 0.233 e. The standard InChI is InChI=1S/C12H17F2N3O/c1-7(17-12(18)6-15)3-9-10(13)4-8(16-2)5-11(9)14/h4-5,7,16H,3,6,15H2,1-2H3,(H,17,18). The lowest BCUT2D eigenvalue weighted by Crippen LogP contribution is -2.38. The highest BCUT2D eigenvalue weighted by molar-refractivity contribution is 5.78. The topological polar surface area (TPSA) is 67.1 Å². The monoisotopic (exact) mass is 257 g/mol. The summed E-state index contributed by atoms with van der Waals surface area (Å²) in [5, 5.41) is 5.21. The van der Waals surface area contributed by atoms with Gasteiger partial charge in [-0.2, -0.15) is 0 Å². The van der Waals surface area contributed by atoms with Crippen LogP contribution < -0.4 is 16.4 Å². The van der Waals surface area contributed by atoms with Crippen molar-refractivity contribution in [2.75, 3.05) is 18.9 Å². The van der Waals surface area contributed by atoms with E-state index >= 15 is 0 Å². The van der Waals surface area contributed by atoms with E-state index < -0.39 is 11.6 Å². The van der Waals surface area contributed by atoms with Gasteiger partial charge in [0.25, 0.3) is 0 Å². The first-order chi connectivity index (χ1) is 8.47. The molecular formula is C12H17F2N3O. The summed E-state index contributed by atoms with van der Waals surface area (Å²) in [6.07, 6.45) is 0.0768. The van der Waals surface area contributed by atoms with Crippen LogP contribution in [0.5, 0.6) is 0 Å². The van der Waals surface area contributed by atoms with Crippen LogP contribution in [0, 0.1) is 11.6 Å². The molecule has 0 saturated carbocycles. The van der Waals surface area contributed by atoms with Gasteiger partial charge in [0, 0.05) is 24.3 Å². The molecule has 18 heavy (non-hydrogen) atoms. The second-order valence-corrected chi connectivity index (χ2v) is 4.05. The van der Waals surface area contributed by atoms with E-state index in [0.717, 1.165) is 0 Å². The van der Waals surface area contributed by atoms with Crippen LogP contribution in [0.1, 0.15) is 12.5 Å². The molecule has 6 heteroatoms. The Kier molecular flexibility index (Phi) is 5.03. The number of carbonyl (C=O) groups is 1. The number of amides is 1. The molecule has 1 amide bonds. The third-order valence-corrected chi connectivity index (χ3v) is 2.53. The van der Waals surface area contributed by atoms with Gasteiger partial charge in [-0.3, -0.25) is 4.79 Å². The van der Waals surface area contributed by atoms with Gasteiger partial charge < -0.3 is 16.4 Å². The lowest BCUT2D eigenvalue weighted by Gasteiger charge is -2.15. The summed E-state index contributed by atoms with van der Waals surface area (Å²) in [6, 6.07) is 2.05. The number of nitrogens with one attached hydrogen (secondary N) is 2. The van der Waals surface area contributed by atoms with Crippen molar-refractivity contribution < 1.29 is 13.6 Å². The Labute approximate surface area is 105 Å². The lowest BCUT2D eigenvalue weighted by atomic mass is 10.0. The van der Waals surface area contributed by atoms with Crippen molar-refractivity contribution in [2.24, 2.45) is 5.73 Å². The molecule has 0 bridgehead atoms. The first kappa shape index (κ1) is 14.4. The average molecular weight is 257 g/mol. The van der Waals surface area contributed by atoms with Gasteiger partial charge in [0.1, 0.15) is 11.6 Å². The molecule has 1 aromatic rings. The van der Waals surface area contributed by atoms with Crippen LogP contribution >= 0.6 is 0 Å². The van der Waals surface area contributed by atoms with Crippen molar-refractivity contribution in [3.8, 4) is 0 Å². The lowest BCUT2D eigenvalue weighted by molar-refractivity contribution is -0.120. The fraction of sp³-hybridized carbons (Fsp3) is 0.417. The number of anilines is 1. The Bertz CT molecular complexity index is 414. The minimum atomic E-state index is -0.631. The first-order valence-corrected chi connectivity index (χ1v) is 5.63. The largest absolute Gasteiger partial charge is 0.388 e. The molecule has 0 fully saturated rings. The summed E-state index contributed by atoms with van der Waals surface area (Å²) in [6.45, 7) is 1.52. The molecule has 0 aliphatic rings. The molecule has 1 unspecified atom stereocenters. The van der Waals surface area contributed by atoms with Crippen molar-refractivity contribution in [2.45, 2.75) is 19.4 Å². The molecule has 1 rings (SSSR count). The van der Waals surface area contributed by atoms with Crippen LogP contribution in [0.2, 0.25) is 0 Å². The number of halogens is 2. The second-order valence-electron chi connectivity index (χ2n) is 4.05. The van der Waals surface area contributed by atoms with Crippen LogP contribution in [0.15, 0.2) is 12.1 Å². The third-order valence-electron chi connectivity index (χ3n) is 2.53. The Morgan fingerprint density at radius 2 is 1.94 bits per heavy atom. The number of rotatable bonds is 5. The molecule has 0 aliphatic heterocycles. The predicted octanol–water partition coefficient (Wildman–Crippen LogP) is 1.01. The summed E-state index contributed by atoms with van der Waals surface area (Å²) >= 11 is 0. The van der Waals surface area contributed by atoms with Crippen LogP contribution in [0.4, 0.5) is 14.5 Å². The average Bonchev–Trinajstić information content (AvgIpc) is 2.33. The SMILES string of the molecule is CNc1cc(F)c(CC(C)NC(=O)CN)c(F)c1. The molecule has 0 aromatic heterocycles. The zero-order chi connectivity index (χ0) is 13.7. The number of hydrogen-bond donors (Lipinski definition) is 3. The smallest absolute Gasteiger partial charge is 0.233 e. The van der Waals surface area contributed by atoms with E-state index in [0.29, 0.717) is 5.69 Å². The zero-order valence-electron chi connectivity index (χ0n) is 10.4. The quantitative estimate of drug-likeness (QED) is 0.737. The van der Waals surface area contributed by atoms with Gasteiger partial charge in [-0.25, -0.2) is 8.78 Å². The van der Waals surface area contributed by atoms with Crippen molar-refractivity contribution >= 4 is 11.6 Å². The Morgan fingerprint density at radius 3 is 2.39 bits per heavy atom. The van der Waals surface area contributed by atoms with Crippen LogP contribution in [0.25, 0.3) is 0 Å². The Morgan fingerprint density at radius 1 is 1.39 bits per heavy atom. The molecular weight excluding hydrogens is 240 g/mol. The highest BCUT2D eigenvalue weighted by atomic mass is 19.1. The minimum absolute atomic E-state index is 0.0428. The molecule has 4 nitrogen and oxygen atoms in total. The molecule has 0 spiro atoms. The highest BCUT2D eigenvalue weighted by Gasteiger charge is 2.15. The third kappa shape index (κ3) is 3.66. The van der Waals surface area contributed by atoms with Gasteiger partial charge in [-0.15, -0.1) is 0 Å². The highest BCUT2D eigenvalue weighted by Crippen LogP contribution is 2.19. The van der Waals surface area contributed by atoms with Crippen molar-refractivity contribution in [3.63, 3.8) is 0 Å². The molecule has 0 aliphatic carbocycles. The fourth-order valence-corrected chi connectivity index (χ4v) is 1.63. The molecule has 4 N–H and O–H groups in total. The number of nitrogens with two attached hydrogens (primary N) is 1. The van der Waals surface area contributed by atoms with Crippen molar-refractivity contribution in [1.29, 1.82) is 0 Å². The van der Waals surface area contributed by atoms with Gasteiger partial charge in [-0.1, -0.05) is 0 Å². The zero-order valence-corrected chi connectivity index (χ0v) is 10.4. The molecule has 100 valence electrons. The summed E-state index contributed by atoms with van der Waals surface area (Å²) in [7, 11) is 1.58. The molecule has 0 heterocycles. The first-order valence-electron chi connectivity index (χ1n) is 5.63. The normalized spacial score (nSPS) is 12.1. The summed E-state index contributed by atoms with van der Waals surface area (Å²) in [5.74, 6) is -1.61. The van der Waals surface area contributed by atoms with E-state index in [4.69, 9.17) is 5.73 Å². The molecule has 0 radical (unpaired) electrons. The molecule has 0 saturated heterocycles. The Balaban J connectivity index is 2.81. The van der Waals surface area contributed by atoms with Crippen molar-refractivity contribution in [1.82, 2.24) is 5.32 Å². The number of carbonyl (C=O) groups excluding carboxylic acids is 1. The molecule has 1 aromatic carbocycles. The molecule has 1 atom stereocenters. The fourth-order valence-electron chi connectivity index (χ4n) is 1.63. The predicted molar refractivity (Wildman–Crippen MR) is 66.3 cm³/mol. The van der Waals surface area contributed by atoms with E-state index in [2.05, 4.69) is 10.6 Å². The summed E-state index contributed by atoms with van der Waals surface area (Å²) in [4.78, 5) is 11.0. The van der Waals surface area contributed by atoms with E-state index in [-0.39, 0.29) is 30.5 Å². The maximum atomic E-state index is 13.7. The van der Waals surface area contributed by atoms with Gasteiger partial charge in [0.15, 0.2) is 0 Å². The maximum absolute atomic E-state index is 13.7. The van der Waals surface area contributed by atoms with E-state index in [1.54, 1.807) is 14.0 Å². The van der Waals surface area contributed by atoms with E-state index in [9.17, 15) is 13.6 Å². The van der Waals surface area contributed by atoms with Gasteiger partial charge in [-0.05, 0) is 25.5 Å². The summed E-state index contributed by atoms with van der Waals surface area (Å²) in [5.41, 5.74) is 5.47. The van der Waals surface area contributed by atoms with Crippen molar-refractivity contribution in [3.05, 3.63) is 29.3 Å². The van der Waals surface area contributed by atoms with Crippen LogP contribution in [-0.4, -0.2) is 25.5 Å². The van der Waals surface area contributed by atoms with Crippen LogP contribution in [-0.2, 0) is 11.2 Å². The van der Waals surface area contributed by atoms with Gasteiger partial charge in [0.2, 0.25) is 5.91 Å². The van der Waals surface area contributed by atoms with Crippen LogP contribution in [0.3, 0.4) is 0 Å².